The molecule has 0 bridgehead atoms. The van der Waals surface area contributed by atoms with Crippen LogP contribution in [0, 0.1) is 17.0 Å². The third kappa shape index (κ3) is 4.94. The van der Waals surface area contributed by atoms with E-state index in [9.17, 15) is 14.9 Å². The third-order valence-electron chi connectivity index (χ3n) is 2.58. The van der Waals surface area contributed by atoms with Gasteiger partial charge < -0.3 is 20.7 Å². The summed E-state index contributed by atoms with van der Waals surface area (Å²) in [6.45, 7) is 5.21. The van der Waals surface area contributed by atoms with E-state index in [0.717, 1.165) is 12.8 Å². The van der Waals surface area contributed by atoms with Crippen molar-refractivity contribution in [1.82, 2.24) is 20.4 Å². The lowest BCUT2D eigenvalue weighted by Crippen LogP contribution is -2.37. The molecule has 106 valence electrons. The quantitative estimate of drug-likeness (QED) is 0.441. The molecule has 0 saturated carbocycles. The van der Waals surface area contributed by atoms with Crippen LogP contribution in [0.15, 0.2) is 6.07 Å². The molecule has 1 heterocycles. The van der Waals surface area contributed by atoms with Gasteiger partial charge in [-0.1, -0.05) is 13.3 Å². The van der Waals surface area contributed by atoms with Gasteiger partial charge in [-0.2, -0.15) is 4.68 Å². The fraction of sp³-hybridized carbons (Fsp3) is 0.636. The molecule has 0 atom stereocenters. The Morgan fingerprint density at radius 3 is 2.74 bits per heavy atom. The second-order valence-electron chi connectivity index (χ2n) is 4.16. The van der Waals surface area contributed by atoms with Gasteiger partial charge in [0.25, 0.3) is 0 Å². The van der Waals surface area contributed by atoms with E-state index < -0.39 is 4.92 Å². The van der Waals surface area contributed by atoms with Crippen molar-refractivity contribution >= 4 is 11.8 Å². The van der Waals surface area contributed by atoms with Gasteiger partial charge in [0.2, 0.25) is 0 Å². The van der Waals surface area contributed by atoms with Crippen LogP contribution in [0.25, 0.3) is 0 Å². The van der Waals surface area contributed by atoms with Gasteiger partial charge in [0.1, 0.15) is 0 Å². The SMILES string of the molecule is CCCCNC(=O)NCCn1nc([N+](=O)[O-])cc1C. The zero-order chi connectivity index (χ0) is 14.3. The smallest absolute Gasteiger partial charge is 0.358 e. The number of aromatic nitrogens is 2. The van der Waals surface area contributed by atoms with Gasteiger partial charge in [-0.15, -0.1) is 0 Å². The summed E-state index contributed by atoms with van der Waals surface area (Å²) in [5, 5.41) is 19.8. The first-order valence-electron chi connectivity index (χ1n) is 6.25. The Kier molecular flexibility index (Phi) is 5.77. The van der Waals surface area contributed by atoms with Gasteiger partial charge in [0.05, 0.1) is 23.4 Å². The average molecular weight is 269 g/mol. The lowest BCUT2D eigenvalue weighted by molar-refractivity contribution is -0.389. The van der Waals surface area contributed by atoms with E-state index in [1.165, 1.54) is 10.7 Å². The van der Waals surface area contributed by atoms with Crippen molar-refractivity contribution in [2.45, 2.75) is 33.2 Å². The van der Waals surface area contributed by atoms with Crippen LogP contribution >= 0.6 is 0 Å². The largest absolute Gasteiger partial charge is 0.390 e. The zero-order valence-electron chi connectivity index (χ0n) is 11.2. The summed E-state index contributed by atoms with van der Waals surface area (Å²) in [7, 11) is 0. The van der Waals surface area contributed by atoms with Crippen molar-refractivity contribution in [3.63, 3.8) is 0 Å². The number of hydrogen-bond acceptors (Lipinski definition) is 4. The van der Waals surface area contributed by atoms with Crippen LogP contribution in [0.2, 0.25) is 0 Å². The molecule has 19 heavy (non-hydrogen) atoms. The molecule has 1 rings (SSSR count). The van der Waals surface area contributed by atoms with Crippen LogP contribution in [0.4, 0.5) is 10.6 Å². The van der Waals surface area contributed by atoms with Crippen molar-refractivity contribution in [1.29, 1.82) is 0 Å². The molecule has 0 aliphatic carbocycles. The molecule has 0 unspecified atom stereocenters. The maximum atomic E-state index is 11.3. The number of rotatable bonds is 7. The Hall–Kier alpha value is -2.12. The van der Waals surface area contributed by atoms with E-state index in [4.69, 9.17) is 0 Å². The summed E-state index contributed by atoms with van der Waals surface area (Å²) in [4.78, 5) is 21.4. The molecule has 1 aromatic rings. The molecule has 0 aromatic carbocycles. The summed E-state index contributed by atoms with van der Waals surface area (Å²) in [6, 6.07) is 1.18. The van der Waals surface area contributed by atoms with Gasteiger partial charge in [0, 0.05) is 13.1 Å². The van der Waals surface area contributed by atoms with E-state index in [2.05, 4.69) is 15.7 Å². The highest BCUT2D eigenvalue weighted by Crippen LogP contribution is 2.10. The summed E-state index contributed by atoms with van der Waals surface area (Å²) in [6.07, 6.45) is 1.97. The molecule has 8 nitrogen and oxygen atoms in total. The zero-order valence-corrected chi connectivity index (χ0v) is 11.2. The van der Waals surface area contributed by atoms with Crippen molar-refractivity contribution in [2.75, 3.05) is 13.1 Å². The summed E-state index contributed by atoms with van der Waals surface area (Å²) < 4.78 is 1.50. The highest BCUT2D eigenvalue weighted by atomic mass is 16.6. The van der Waals surface area contributed by atoms with Gasteiger partial charge in [-0.05, 0) is 18.3 Å². The molecule has 0 fully saturated rings. The van der Waals surface area contributed by atoms with E-state index >= 15 is 0 Å². The van der Waals surface area contributed by atoms with Crippen molar-refractivity contribution in [3.05, 3.63) is 21.9 Å². The molecule has 0 aliphatic rings. The van der Waals surface area contributed by atoms with E-state index in [-0.39, 0.29) is 11.8 Å². The summed E-state index contributed by atoms with van der Waals surface area (Å²) in [5.41, 5.74) is 0.694. The van der Waals surface area contributed by atoms with Crippen LogP contribution in [-0.4, -0.2) is 33.8 Å². The topological polar surface area (TPSA) is 102 Å². The Balaban J connectivity index is 2.33. The molecule has 0 radical (unpaired) electrons. The summed E-state index contributed by atoms with van der Waals surface area (Å²) >= 11 is 0. The second-order valence-corrected chi connectivity index (χ2v) is 4.16. The molecule has 0 spiro atoms. The molecule has 8 heteroatoms. The Morgan fingerprint density at radius 1 is 1.47 bits per heavy atom. The minimum absolute atomic E-state index is 0.176. The number of nitrogens with one attached hydrogen (secondary N) is 2. The number of amides is 2. The van der Waals surface area contributed by atoms with Crippen LogP contribution in [0.3, 0.4) is 0 Å². The Labute approximate surface area is 111 Å². The average Bonchev–Trinajstić information content (AvgIpc) is 2.72. The fourth-order valence-electron chi connectivity index (χ4n) is 1.52. The van der Waals surface area contributed by atoms with Crippen LogP contribution in [-0.2, 0) is 6.54 Å². The molecule has 0 saturated heterocycles. The van der Waals surface area contributed by atoms with E-state index in [0.29, 0.717) is 25.3 Å². The van der Waals surface area contributed by atoms with Gasteiger partial charge in [-0.3, -0.25) is 0 Å². The van der Waals surface area contributed by atoms with Gasteiger partial charge in [-0.25, -0.2) is 4.79 Å². The standard InChI is InChI=1S/C11H19N5O3/c1-3-4-5-12-11(17)13-6-7-15-9(2)8-10(14-15)16(18)19/h8H,3-7H2,1-2H3,(H2,12,13,17). The predicted molar refractivity (Wildman–Crippen MR) is 69.9 cm³/mol. The van der Waals surface area contributed by atoms with Crippen molar-refractivity contribution in [2.24, 2.45) is 0 Å². The van der Waals surface area contributed by atoms with E-state index in [1.54, 1.807) is 6.92 Å². The van der Waals surface area contributed by atoms with Crippen molar-refractivity contribution in [3.8, 4) is 0 Å². The first kappa shape index (κ1) is 14.9. The minimum Gasteiger partial charge on any atom is -0.358 e. The number of unbranched alkanes of at least 4 members (excludes halogenated alkanes) is 1. The van der Waals surface area contributed by atoms with Gasteiger partial charge >= 0.3 is 11.8 Å². The molecule has 2 amide bonds. The lowest BCUT2D eigenvalue weighted by Gasteiger charge is -2.06. The maximum absolute atomic E-state index is 11.3. The minimum atomic E-state index is -0.533. The van der Waals surface area contributed by atoms with Crippen molar-refractivity contribution < 1.29 is 9.72 Å². The van der Waals surface area contributed by atoms with Crippen LogP contribution in [0.5, 0.6) is 0 Å². The fourth-order valence-corrected chi connectivity index (χ4v) is 1.52. The normalized spacial score (nSPS) is 10.2. The highest BCUT2D eigenvalue weighted by molar-refractivity contribution is 5.73. The number of carbonyl (C=O) groups is 1. The van der Waals surface area contributed by atoms with Crippen LogP contribution < -0.4 is 10.6 Å². The monoisotopic (exact) mass is 269 g/mol. The number of nitrogens with zero attached hydrogens (tertiary/aromatic N) is 3. The Morgan fingerprint density at radius 2 is 2.16 bits per heavy atom. The van der Waals surface area contributed by atoms with Crippen LogP contribution in [0.1, 0.15) is 25.5 Å². The second kappa shape index (κ2) is 7.34. The number of hydrogen-bond donors (Lipinski definition) is 2. The molecule has 0 aliphatic heterocycles. The molecular weight excluding hydrogens is 250 g/mol. The molecule has 2 N–H and O–H groups in total. The number of urea groups is 1. The first-order valence-corrected chi connectivity index (χ1v) is 6.25. The van der Waals surface area contributed by atoms with E-state index in [1.807, 2.05) is 6.92 Å². The summed E-state index contributed by atoms with van der Waals surface area (Å²) in [5.74, 6) is -0.176. The number of aryl methyl sites for hydroxylation is 1. The van der Waals surface area contributed by atoms with Gasteiger partial charge in [0.15, 0.2) is 0 Å². The highest BCUT2D eigenvalue weighted by Gasteiger charge is 2.14. The number of carbonyl (C=O) groups excluding carboxylic acids is 1. The molecule has 1 aromatic heterocycles. The lowest BCUT2D eigenvalue weighted by atomic mass is 10.3. The molecular formula is C11H19N5O3. The number of nitro groups is 1. The predicted octanol–water partition coefficient (Wildman–Crippen LogP) is 1.20. The maximum Gasteiger partial charge on any atom is 0.390 e. The third-order valence-corrected chi connectivity index (χ3v) is 2.58. The first-order chi connectivity index (χ1) is 9.04. The Bertz CT molecular complexity index is 444.